The summed E-state index contributed by atoms with van der Waals surface area (Å²) in [5.74, 6) is 0.00752. The predicted octanol–water partition coefficient (Wildman–Crippen LogP) is 3.41. The summed E-state index contributed by atoms with van der Waals surface area (Å²) < 4.78 is 18.4. The molecule has 0 aromatic heterocycles. The van der Waals surface area contributed by atoms with Crippen molar-refractivity contribution in [2.24, 2.45) is 0 Å². The van der Waals surface area contributed by atoms with Gasteiger partial charge in [0.1, 0.15) is 18.2 Å². The molecule has 26 heavy (non-hydrogen) atoms. The number of rotatable bonds is 5. The highest BCUT2D eigenvalue weighted by Gasteiger charge is 2.24. The van der Waals surface area contributed by atoms with Gasteiger partial charge in [0.25, 0.3) is 5.91 Å². The molecule has 2 aromatic rings. The molecule has 7 heteroatoms. The molecule has 3 rings (SSSR count). The fourth-order valence-electron chi connectivity index (χ4n) is 2.49. The lowest BCUT2D eigenvalue weighted by Gasteiger charge is -2.23. The van der Waals surface area contributed by atoms with Gasteiger partial charge in [0.05, 0.1) is 17.5 Å². The second-order valence-electron chi connectivity index (χ2n) is 5.99. The monoisotopic (exact) mass is 374 g/mol. The van der Waals surface area contributed by atoms with Crippen molar-refractivity contribution in [2.45, 2.75) is 17.1 Å². The molecule has 2 amide bonds. The highest BCUT2D eigenvalue weighted by Crippen LogP contribution is 2.36. The van der Waals surface area contributed by atoms with Gasteiger partial charge in [-0.15, -0.1) is 11.8 Å². The van der Waals surface area contributed by atoms with Crippen LogP contribution >= 0.6 is 11.8 Å². The van der Waals surface area contributed by atoms with Crippen LogP contribution in [0.2, 0.25) is 0 Å². The minimum Gasteiger partial charge on any atom is -0.492 e. The van der Waals surface area contributed by atoms with Gasteiger partial charge in [0, 0.05) is 17.5 Å². The number of carbonyl (C=O) groups excluding carboxylic acids is 2. The standard InChI is InChI=1S/C19H19FN2O3S/c1-12-18(23)21-16-11-13(3-8-17(16)26-12)19(24)22(2)9-10-25-15-6-4-14(20)5-7-15/h3-8,11-12H,9-10H2,1-2H3,(H,21,23). The molecule has 1 heterocycles. The molecule has 1 aliphatic heterocycles. The largest absolute Gasteiger partial charge is 0.492 e. The Morgan fingerprint density at radius 2 is 2.00 bits per heavy atom. The van der Waals surface area contributed by atoms with Crippen LogP contribution in [0.25, 0.3) is 0 Å². The topological polar surface area (TPSA) is 58.6 Å². The number of nitrogens with zero attached hydrogens (tertiary/aromatic N) is 1. The number of benzene rings is 2. The Bertz CT molecular complexity index is 826. The molecule has 0 saturated heterocycles. The number of thioether (sulfide) groups is 1. The average molecular weight is 374 g/mol. The van der Waals surface area contributed by atoms with E-state index in [0.29, 0.717) is 30.2 Å². The van der Waals surface area contributed by atoms with Crippen LogP contribution in [0.3, 0.4) is 0 Å². The fourth-order valence-corrected chi connectivity index (χ4v) is 3.43. The number of anilines is 1. The second kappa shape index (κ2) is 7.78. The molecule has 1 unspecified atom stereocenters. The van der Waals surface area contributed by atoms with Crippen LogP contribution in [-0.2, 0) is 4.79 Å². The Morgan fingerprint density at radius 3 is 2.73 bits per heavy atom. The van der Waals surface area contributed by atoms with Gasteiger partial charge in [-0.1, -0.05) is 0 Å². The molecular formula is C19H19FN2O3S. The predicted molar refractivity (Wildman–Crippen MR) is 99.2 cm³/mol. The van der Waals surface area contributed by atoms with E-state index in [2.05, 4.69) is 5.32 Å². The number of hydrogen-bond acceptors (Lipinski definition) is 4. The molecule has 0 bridgehead atoms. The number of likely N-dealkylation sites (N-methyl/N-ethyl adjacent to an activating group) is 1. The van der Waals surface area contributed by atoms with Gasteiger partial charge >= 0.3 is 0 Å². The molecular weight excluding hydrogens is 355 g/mol. The first-order valence-electron chi connectivity index (χ1n) is 8.19. The molecule has 0 saturated carbocycles. The lowest BCUT2D eigenvalue weighted by Crippen LogP contribution is -2.31. The van der Waals surface area contributed by atoms with Crippen molar-refractivity contribution in [2.75, 3.05) is 25.5 Å². The summed E-state index contributed by atoms with van der Waals surface area (Å²) in [6.07, 6.45) is 0. The van der Waals surface area contributed by atoms with E-state index in [-0.39, 0.29) is 22.9 Å². The number of amides is 2. The van der Waals surface area contributed by atoms with Gasteiger partial charge < -0.3 is 15.0 Å². The van der Waals surface area contributed by atoms with Gasteiger partial charge in [-0.2, -0.15) is 0 Å². The number of hydrogen-bond donors (Lipinski definition) is 1. The maximum Gasteiger partial charge on any atom is 0.253 e. The molecule has 5 nitrogen and oxygen atoms in total. The molecule has 0 aliphatic carbocycles. The molecule has 2 aromatic carbocycles. The van der Waals surface area contributed by atoms with E-state index in [0.717, 1.165) is 4.90 Å². The lowest BCUT2D eigenvalue weighted by molar-refractivity contribution is -0.115. The summed E-state index contributed by atoms with van der Waals surface area (Å²) in [5.41, 5.74) is 1.17. The number of carbonyl (C=O) groups is 2. The van der Waals surface area contributed by atoms with E-state index in [1.165, 1.54) is 23.9 Å². The Morgan fingerprint density at radius 1 is 1.27 bits per heavy atom. The van der Waals surface area contributed by atoms with Crippen LogP contribution < -0.4 is 10.1 Å². The van der Waals surface area contributed by atoms with Crippen LogP contribution in [0.1, 0.15) is 17.3 Å². The molecule has 136 valence electrons. The molecule has 0 radical (unpaired) electrons. The van der Waals surface area contributed by atoms with E-state index in [9.17, 15) is 14.0 Å². The maximum absolute atomic E-state index is 12.9. The quantitative estimate of drug-likeness (QED) is 0.871. The van der Waals surface area contributed by atoms with Crippen LogP contribution in [0.4, 0.5) is 10.1 Å². The van der Waals surface area contributed by atoms with Gasteiger partial charge in [0.15, 0.2) is 0 Å². The summed E-state index contributed by atoms with van der Waals surface area (Å²) in [7, 11) is 1.69. The van der Waals surface area contributed by atoms with E-state index < -0.39 is 0 Å². The smallest absolute Gasteiger partial charge is 0.253 e. The summed E-state index contributed by atoms with van der Waals surface area (Å²) >= 11 is 1.48. The number of nitrogens with one attached hydrogen (secondary N) is 1. The van der Waals surface area contributed by atoms with Crippen molar-refractivity contribution in [1.29, 1.82) is 0 Å². The highest BCUT2D eigenvalue weighted by molar-refractivity contribution is 8.00. The van der Waals surface area contributed by atoms with E-state index in [1.54, 1.807) is 36.2 Å². The van der Waals surface area contributed by atoms with Crippen molar-refractivity contribution in [3.63, 3.8) is 0 Å². The lowest BCUT2D eigenvalue weighted by atomic mass is 10.1. The summed E-state index contributed by atoms with van der Waals surface area (Å²) in [6, 6.07) is 11.0. The van der Waals surface area contributed by atoms with Crippen molar-refractivity contribution in [1.82, 2.24) is 4.90 Å². The van der Waals surface area contributed by atoms with Gasteiger partial charge in [-0.05, 0) is 49.4 Å². The van der Waals surface area contributed by atoms with E-state index >= 15 is 0 Å². The second-order valence-corrected chi connectivity index (χ2v) is 7.37. The molecule has 1 N–H and O–H groups in total. The molecule has 1 atom stereocenters. The first-order valence-corrected chi connectivity index (χ1v) is 9.07. The first-order chi connectivity index (χ1) is 12.4. The van der Waals surface area contributed by atoms with E-state index in [1.807, 2.05) is 13.0 Å². The Labute approximate surface area is 155 Å². The Balaban J connectivity index is 1.59. The van der Waals surface area contributed by atoms with Crippen molar-refractivity contribution < 1.29 is 18.7 Å². The third kappa shape index (κ3) is 4.16. The molecule has 0 spiro atoms. The fraction of sp³-hybridized carbons (Fsp3) is 0.263. The van der Waals surface area contributed by atoms with Gasteiger partial charge in [-0.3, -0.25) is 9.59 Å². The highest BCUT2D eigenvalue weighted by atomic mass is 32.2. The third-order valence-electron chi connectivity index (χ3n) is 4.01. The average Bonchev–Trinajstić information content (AvgIpc) is 2.63. The third-order valence-corrected chi connectivity index (χ3v) is 5.19. The van der Waals surface area contributed by atoms with Crippen LogP contribution in [0, 0.1) is 5.82 Å². The Kier molecular flexibility index (Phi) is 5.46. The SMILES string of the molecule is CC1Sc2ccc(C(=O)N(C)CCOc3ccc(F)cc3)cc2NC1=O. The number of fused-ring (bicyclic) bond motifs is 1. The van der Waals surface area contributed by atoms with Crippen LogP contribution in [-0.4, -0.2) is 42.2 Å². The van der Waals surface area contributed by atoms with Crippen molar-refractivity contribution >= 4 is 29.3 Å². The summed E-state index contributed by atoms with van der Waals surface area (Å²) in [6.45, 7) is 2.52. The zero-order chi connectivity index (χ0) is 18.7. The van der Waals surface area contributed by atoms with Gasteiger partial charge in [0.2, 0.25) is 5.91 Å². The van der Waals surface area contributed by atoms with Crippen molar-refractivity contribution in [3.8, 4) is 5.75 Å². The number of ether oxygens (including phenoxy) is 1. The van der Waals surface area contributed by atoms with Crippen LogP contribution in [0.5, 0.6) is 5.75 Å². The van der Waals surface area contributed by atoms with Crippen molar-refractivity contribution in [3.05, 3.63) is 53.8 Å². The van der Waals surface area contributed by atoms with Crippen LogP contribution in [0.15, 0.2) is 47.4 Å². The van der Waals surface area contributed by atoms with E-state index in [4.69, 9.17) is 4.74 Å². The molecule has 0 fully saturated rings. The number of halogens is 1. The minimum absolute atomic E-state index is 0.0619. The molecule has 1 aliphatic rings. The minimum atomic E-state index is -0.322. The summed E-state index contributed by atoms with van der Waals surface area (Å²) in [4.78, 5) is 26.9. The zero-order valence-electron chi connectivity index (χ0n) is 14.5. The zero-order valence-corrected chi connectivity index (χ0v) is 15.3. The first kappa shape index (κ1) is 18.3. The summed E-state index contributed by atoms with van der Waals surface area (Å²) in [5, 5.41) is 2.68. The van der Waals surface area contributed by atoms with Gasteiger partial charge in [-0.25, -0.2) is 4.39 Å². The normalized spacial score (nSPS) is 15.8. The Hall–Kier alpha value is -2.54. The maximum atomic E-state index is 12.9.